The summed E-state index contributed by atoms with van der Waals surface area (Å²) in [6.07, 6.45) is 5.62. The van der Waals surface area contributed by atoms with E-state index in [9.17, 15) is 0 Å². The maximum atomic E-state index is 4.96. The first-order chi connectivity index (χ1) is 67.3. The van der Waals surface area contributed by atoms with Gasteiger partial charge in [-0.1, -0.05) is 406 Å². The van der Waals surface area contributed by atoms with E-state index >= 15 is 0 Å². The third kappa shape index (κ3) is 19.5. The molecule has 0 N–H and O–H groups in total. The Labute approximate surface area is 788 Å². The van der Waals surface area contributed by atoms with Crippen molar-refractivity contribution in [2.24, 2.45) is 0 Å². The average Bonchev–Trinajstić information content (AvgIpc) is 0.802. The van der Waals surface area contributed by atoms with Gasteiger partial charge in [0.1, 0.15) is 0 Å². The van der Waals surface area contributed by atoms with Gasteiger partial charge in [0.25, 0.3) is 0 Å². The van der Waals surface area contributed by atoms with Gasteiger partial charge >= 0.3 is 0 Å². The molecule has 0 aliphatic rings. The minimum Gasteiger partial charge on any atom is -0.256 e. The number of hydrogen-bond acceptors (Lipinski definition) is 12. The number of aromatic nitrogens is 12. The summed E-state index contributed by atoms with van der Waals surface area (Å²) in [4.78, 5) is 58.1. The third-order valence-electron chi connectivity index (χ3n) is 23.7. The molecule has 0 aliphatic heterocycles. The zero-order valence-electron chi connectivity index (χ0n) is 73.9. The molecule has 0 spiro atoms. The lowest BCUT2D eigenvalue weighted by Gasteiger charge is -2.11. The second-order valence-corrected chi connectivity index (χ2v) is 32.7. The summed E-state index contributed by atoms with van der Waals surface area (Å²) in [6, 6.07) is 167. The highest BCUT2D eigenvalue weighted by atomic mass is 14.9. The number of fused-ring (bicyclic) bond motifs is 4. The largest absolute Gasteiger partial charge is 0.256 e. The van der Waals surface area contributed by atoms with E-state index in [4.69, 9.17) is 49.8 Å². The molecule has 24 aromatic rings. The second kappa shape index (κ2) is 39.8. The molecular formula is C124H84N12. The Hall–Kier alpha value is -18.5. The SMILES string of the molecule is c1ccc(-c2cc(-c3ccccc3)nc(-c3ccc(-c4ccc5ncccc5c4)cc3)n2)cc1.c1ccc(-c2cc(-c3ccccc3)nc(-c3ccc(-c4cnc5ccccc5c4)cc3)n2)cc1.c1ccc(-c2cc(-c3ccccc3)nc(-c3cccc(-c4ccc5ccccc5n4)c3)n2)cc1.c1ccc(-c2cc(-c3ccccc3)nc(-c3cccc(-c4nccc5ccccc45)c3)n2)cc1. The molecule has 136 heavy (non-hydrogen) atoms. The van der Waals surface area contributed by atoms with Gasteiger partial charge in [0, 0.05) is 124 Å². The van der Waals surface area contributed by atoms with Crippen molar-refractivity contribution in [1.29, 1.82) is 0 Å². The number of rotatable bonds is 16. The lowest BCUT2D eigenvalue weighted by atomic mass is 10.0. The highest BCUT2D eigenvalue weighted by molar-refractivity contribution is 5.96. The first kappa shape index (κ1) is 84.3. The average molecular weight is 1740 g/mol. The summed E-state index contributed by atoms with van der Waals surface area (Å²) in [7, 11) is 0. The van der Waals surface area contributed by atoms with Crippen LogP contribution in [0.4, 0.5) is 0 Å². The van der Waals surface area contributed by atoms with Crippen LogP contribution in [0, 0.1) is 0 Å². The van der Waals surface area contributed by atoms with Crippen LogP contribution >= 0.6 is 0 Å². The van der Waals surface area contributed by atoms with Crippen LogP contribution < -0.4 is 0 Å². The molecule has 0 fully saturated rings. The van der Waals surface area contributed by atoms with Crippen LogP contribution in [0.3, 0.4) is 0 Å². The summed E-state index contributed by atoms with van der Waals surface area (Å²) in [6.45, 7) is 0. The Kier molecular flexibility index (Phi) is 24.7. The summed E-state index contributed by atoms with van der Waals surface area (Å²) in [5.41, 5.74) is 31.2. The van der Waals surface area contributed by atoms with E-state index in [1.807, 2.05) is 219 Å². The Balaban J connectivity index is 0.000000108. The molecule has 8 heterocycles. The van der Waals surface area contributed by atoms with E-state index in [0.717, 1.165) is 201 Å². The van der Waals surface area contributed by atoms with Gasteiger partial charge in [-0.25, -0.2) is 44.9 Å². The Morgan fingerprint density at radius 2 is 0.434 bits per heavy atom. The minimum absolute atomic E-state index is 0.697. The van der Waals surface area contributed by atoms with Crippen LogP contribution in [0.2, 0.25) is 0 Å². The molecule has 0 unspecified atom stereocenters. The van der Waals surface area contributed by atoms with E-state index in [-0.39, 0.29) is 0 Å². The van der Waals surface area contributed by atoms with Crippen molar-refractivity contribution in [3.05, 3.63) is 510 Å². The monoisotopic (exact) mass is 1740 g/mol. The van der Waals surface area contributed by atoms with Gasteiger partial charge in [0.2, 0.25) is 0 Å². The van der Waals surface area contributed by atoms with Crippen molar-refractivity contribution in [1.82, 2.24) is 59.8 Å². The number of hydrogen-bond donors (Lipinski definition) is 0. The van der Waals surface area contributed by atoms with Crippen molar-refractivity contribution in [3.63, 3.8) is 0 Å². The standard InChI is InChI=1S/4C31H21N3/c1-3-11-23(12-4-1)28-21-29(24-13-5-2-6-14-24)34-31(33-28)26-16-9-15-25(20-26)30-27-17-8-7-10-22(27)18-19-32-30;1-3-10-22(11-4-1)29-21-30(23-12-5-2-6-13-23)34-31(33-29)26-16-9-15-25(20-26)28-19-18-24-14-7-8-17-27(24)32-28;1-3-9-23(10-4-1)29-20-30(24-11-5-2-6-12-24)34-31(33-29)25-17-15-22(16-18-25)27-19-26-13-7-8-14-28(26)32-21-27;1-3-8-23(9-4-1)29-21-30(24-10-5-2-6-11-24)34-31(33-29)25-15-13-22(14-16-25)26-17-18-28-27(20-26)12-7-19-32-28/h4*1-21H. The molecule has 0 bridgehead atoms. The Morgan fingerprint density at radius 3 is 0.868 bits per heavy atom. The maximum Gasteiger partial charge on any atom is 0.160 e. The van der Waals surface area contributed by atoms with Gasteiger partial charge < -0.3 is 0 Å². The number of pyridine rings is 4. The molecule has 12 nitrogen and oxygen atoms in total. The lowest BCUT2D eigenvalue weighted by molar-refractivity contribution is 1.18. The number of benzene rings is 16. The molecule has 8 aromatic heterocycles. The van der Waals surface area contributed by atoms with Crippen molar-refractivity contribution in [2.45, 2.75) is 0 Å². The molecule has 0 saturated heterocycles. The molecule has 0 saturated carbocycles. The molecule has 0 radical (unpaired) electrons. The van der Waals surface area contributed by atoms with Gasteiger partial charge in [-0.05, 0) is 107 Å². The van der Waals surface area contributed by atoms with Crippen LogP contribution in [-0.4, -0.2) is 59.8 Å². The predicted octanol–water partition coefficient (Wildman–Crippen LogP) is 30.8. The quantitative estimate of drug-likeness (QED) is 0.0904. The summed E-state index contributed by atoms with van der Waals surface area (Å²) < 4.78 is 0. The lowest BCUT2D eigenvalue weighted by Crippen LogP contribution is -1.96. The van der Waals surface area contributed by atoms with E-state index in [1.165, 1.54) is 5.39 Å². The van der Waals surface area contributed by atoms with Gasteiger partial charge in [0.05, 0.1) is 73.5 Å². The maximum absolute atomic E-state index is 4.96. The predicted molar refractivity (Wildman–Crippen MR) is 556 cm³/mol. The van der Waals surface area contributed by atoms with E-state index in [2.05, 4.69) is 301 Å². The zero-order chi connectivity index (χ0) is 91.0. The highest BCUT2D eigenvalue weighted by Crippen LogP contribution is 2.38. The fraction of sp³-hybridized carbons (Fsp3) is 0. The fourth-order valence-electron chi connectivity index (χ4n) is 16.7. The van der Waals surface area contributed by atoms with Gasteiger partial charge in [-0.15, -0.1) is 0 Å². The number of nitrogens with zero attached hydrogens (tertiary/aromatic N) is 12. The fourth-order valence-corrected chi connectivity index (χ4v) is 16.7. The smallest absolute Gasteiger partial charge is 0.160 e. The molecule has 0 aliphatic carbocycles. The Bertz CT molecular complexity index is 7810. The topological polar surface area (TPSA) is 155 Å². The van der Waals surface area contributed by atoms with E-state index in [1.54, 1.807) is 0 Å². The van der Waals surface area contributed by atoms with Crippen molar-refractivity contribution < 1.29 is 0 Å². The summed E-state index contributed by atoms with van der Waals surface area (Å²) in [5.74, 6) is 2.82. The van der Waals surface area contributed by atoms with Gasteiger partial charge in [0.15, 0.2) is 23.3 Å². The molecule has 12 heteroatoms. The first-order valence-corrected chi connectivity index (χ1v) is 45.2. The van der Waals surface area contributed by atoms with Gasteiger partial charge in [-0.3, -0.25) is 15.0 Å². The van der Waals surface area contributed by atoms with E-state index in [0.29, 0.717) is 17.5 Å². The Morgan fingerprint density at radius 1 is 0.125 bits per heavy atom. The second-order valence-electron chi connectivity index (χ2n) is 32.7. The zero-order valence-corrected chi connectivity index (χ0v) is 73.9. The van der Waals surface area contributed by atoms with Crippen LogP contribution in [0.25, 0.3) is 224 Å². The van der Waals surface area contributed by atoms with Crippen molar-refractivity contribution in [3.8, 4) is 180 Å². The molecule has 0 amide bonds. The molecule has 0 atom stereocenters. The third-order valence-corrected chi connectivity index (χ3v) is 23.7. The summed E-state index contributed by atoms with van der Waals surface area (Å²) in [5, 5.41) is 5.71. The molecule has 24 rings (SSSR count). The molecular weight excluding hydrogens is 1660 g/mol. The normalized spacial score (nSPS) is 10.9. The minimum atomic E-state index is 0.697. The highest BCUT2D eigenvalue weighted by Gasteiger charge is 2.19. The van der Waals surface area contributed by atoms with Crippen LogP contribution in [0.5, 0.6) is 0 Å². The number of para-hydroxylation sites is 2. The van der Waals surface area contributed by atoms with E-state index < -0.39 is 0 Å². The molecule has 640 valence electrons. The summed E-state index contributed by atoms with van der Waals surface area (Å²) >= 11 is 0. The first-order valence-electron chi connectivity index (χ1n) is 45.2. The molecule has 16 aromatic carbocycles. The van der Waals surface area contributed by atoms with Crippen molar-refractivity contribution >= 4 is 43.5 Å². The van der Waals surface area contributed by atoms with Crippen LogP contribution in [0.1, 0.15) is 0 Å². The van der Waals surface area contributed by atoms with Crippen molar-refractivity contribution in [2.75, 3.05) is 0 Å². The van der Waals surface area contributed by atoms with Crippen LogP contribution in [0.15, 0.2) is 510 Å². The van der Waals surface area contributed by atoms with Gasteiger partial charge in [-0.2, -0.15) is 0 Å². The van der Waals surface area contributed by atoms with Crippen LogP contribution in [-0.2, 0) is 0 Å².